The minimum Gasteiger partial charge on any atom is -0.386 e. The van der Waals surface area contributed by atoms with Crippen LogP contribution >= 0.6 is 0 Å². The fourth-order valence-corrected chi connectivity index (χ4v) is 4.89. The largest absolute Gasteiger partial charge is 0.425 e. The Bertz CT molecular complexity index is 1030. The lowest BCUT2D eigenvalue weighted by Crippen LogP contribution is -2.46. The van der Waals surface area contributed by atoms with E-state index in [0.717, 1.165) is 38.0 Å². The van der Waals surface area contributed by atoms with E-state index in [1.54, 1.807) is 30.6 Å². The van der Waals surface area contributed by atoms with E-state index in [1.165, 1.54) is 0 Å². The number of rotatable bonds is 7. The molecule has 0 radical (unpaired) electrons. The molecule has 0 aliphatic carbocycles. The number of aromatic nitrogens is 2. The lowest BCUT2D eigenvalue weighted by Gasteiger charge is -2.37. The third kappa shape index (κ3) is 7.16. The molecule has 0 aromatic carbocycles. The molecule has 4 rings (SSSR count). The van der Waals surface area contributed by atoms with Gasteiger partial charge in [0.25, 0.3) is 0 Å². The van der Waals surface area contributed by atoms with Crippen molar-refractivity contribution < 1.29 is 27.8 Å². The zero-order chi connectivity index (χ0) is 25.5. The van der Waals surface area contributed by atoms with Crippen LogP contribution in [0, 0.1) is 11.8 Å². The van der Waals surface area contributed by atoms with Gasteiger partial charge in [0.05, 0.1) is 0 Å². The maximum Gasteiger partial charge on any atom is 0.425 e. The summed E-state index contributed by atoms with van der Waals surface area (Å²) in [5.74, 6) is 0.562. The van der Waals surface area contributed by atoms with Gasteiger partial charge in [0, 0.05) is 49.8 Å². The number of oxime groups is 1. The zero-order valence-corrected chi connectivity index (χ0v) is 20.1. The van der Waals surface area contributed by atoms with Gasteiger partial charge in [-0.1, -0.05) is 5.16 Å². The molecule has 0 spiro atoms. The number of hydrogen-bond donors (Lipinski definition) is 1. The van der Waals surface area contributed by atoms with Crippen LogP contribution in [0.1, 0.15) is 36.9 Å². The number of nitrogen functional groups attached to an aromatic ring is 1. The van der Waals surface area contributed by atoms with Crippen molar-refractivity contribution in [3.63, 3.8) is 0 Å². The molecule has 4 heterocycles. The molecule has 0 saturated carbocycles. The predicted octanol–water partition coefficient (Wildman–Crippen LogP) is 2.91. The topological polar surface area (TPSA) is 98.2 Å². The van der Waals surface area contributed by atoms with Crippen LogP contribution in [0.25, 0.3) is 0 Å². The summed E-state index contributed by atoms with van der Waals surface area (Å²) in [6.45, 7) is 2.12. The number of nitrogens with zero attached hydrogens (tertiary/aromatic N) is 4. The van der Waals surface area contributed by atoms with Crippen LogP contribution in [0.4, 0.5) is 19.0 Å². The van der Waals surface area contributed by atoms with Gasteiger partial charge in [-0.2, -0.15) is 13.2 Å². The minimum atomic E-state index is -4.45. The average molecular weight is 506 g/mol. The number of aromatic amines is 1. The standard InChI is InChI=1S/C25H31F3N6O2/c26-25(27,28)17-36-32-23(21-3-1-2-9-30-21)19-7-13-34(14-8-19)24(35)20-5-11-33(12-6-20)16-18-4-10-31-22(29)15-18/h1-4,9-10,15,19-20H,5-8,11-14,16-17H2,(H2,29,31)/p+1/b32-23-. The number of piperidine rings is 2. The number of hydrogen-bond acceptors (Lipinski definition) is 6. The third-order valence-electron chi connectivity index (χ3n) is 6.76. The van der Waals surface area contributed by atoms with Gasteiger partial charge in [-0.3, -0.25) is 9.69 Å². The normalized spacial score (nSPS) is 18.9. The van der Waals surface area contributed by atoms with Gasteiger partial charge in [0.15, 0.2) is 11.9 Å². The zero-order valence-electron chi connectivity index (χ0n) is 20.1. The number of anilines is 1. The number of alkyl halides is 3. The van der Waals surface area contributed by atoms with Gasteiger partial charge in [0.1, 0.15) is 5.82 Å². The fourth-order valence-electron chi connectivity index (χ4n) is 4.89. The summed E-state index contributed by atoms with van der Waals surface area (Å²) in [4.78, 5) is 29.1. The molecule has 2 saturated heterocycles. The fraction of sp³-hybridized carbons (Fsp3) is 0.520. The second-order valence-electron chi connectivity index (χ2n) is 9.38. The molecular weight excluding hydrogens is 473 g/mol. The average Bonchev–Trinajstić information content (AvgIpc) is 2.87. The maximum atomic E-state index is 13.2. The van der Waals surface area contributed by atoms with E-state index in [2.05, 4.69) is 24.9 Å². The van der Waals surface area contributed by atoms with Crippen LogP contribution in [-0.2, 0) is 16.2 Å². The second kappa shape index (κ2) is 11.7. The van der Waals surface area contributed by atoms with E-state index < -0.39 is 12.8 Å². The van der Waals surface area contributed by atoms with Crippen LogP contribution < -0.4 is 10.7 Å². The molecule has 0 bridgehead atoms. The first-order chi connectivity index (χ1) is 17.3. The first-order valence-electron chi connectivity index (χ1n) is 12.2. The molecular formula is C25H32F3N6O2+. The number of carbonyl (C=O) groups excluding carboxylic acids is 1. The van der Waals surface area contributed by atoms with E-state index >= 15 is 0 Å². The lowest BCUT2D eigenvalue weighted by atomic mass is 9.88. The summed E-state index contributed by atoms with van der Waals surface area (Å²) in [5, 5.41) is 3.86. The van der Waals surface area contributed by atoms with E-state index in [0.29, 0.717) is 43.2 Å². The Hall–Kier alpha value is -3.21. The Morgan fingerprint density at radius 1 is 1.11 bits per heavy atom. The van der Waals surface area contributed by atoms with Crippen molar-refractivity contribution in [3.8, 4) is 0 Å². The molecule has 8 nitrogen and oxygen atoms in total. The number of carbonyl (C=O) groups is 1. The van der Waals surface area contributed by atoms with Gasteiger partial charge < -0.3 is 15.5 Å². The van der Waals surface area contributed by atoms with Crippen molar-refractivity contribution in [2.45, 2.75) is 38.4 Å². The first-order valence-corrected chi connectivity index (χ1v) is 12.2. The van der Waals surface area contributed by atoms with E-state index in [4.69, 9.17) is 5.73 Å². The highest BCUT2D eigenvalue weighted by molar-refractivity contribution is 5.99. The second-order valence-corrected chi connectivity index (χ2v) is 9.38. The summed E-state index contributed by atoms with van der Waals surface area (Å²) >= 11 is 0. The molecule has 0 unspecified atom stereocenters. The predicted molar refractivity (Wildman–Crippen MR) is 127 cm³/mol. The molecule has 2 aromatic heterocycles. The van der Waals surface area contributed by atoms with Gasteiger partial charge in [-0.05, 0) is 62.5 Å². The van der Waals surface area contributed by atoms with Crippen molar-refractivity contribution in [1.82, 2.24) is 14.8 Å². The number of H-pyrrole nitrogens is 1. The minimum absolute atomic E-state index is 0.00831. The molecule has 36 heavy (non-hydrogen) atoms. The van der Waals surface area contributed by atoms with Crippen LogP contribution in [0.2, 0.25) is 0 Å². The number of nitrogens with two attached hydrogens (primary N) is 1. The van der Waals surface area contributed by atoms with Crippen molar-refractivity contribution in [3.05, 3.63) is 54.0 Å². The molecule has 2 aliphatic heterocycles. The van der Waals surface area contributed by atoms with Crippen molar-refractivity contribution in [1.29, 1.82) is 0 Å². The maximum absolute atomic E-state index is 13.2. The lowest BCUT2D eigenvalue weighted by molar-refractivity contribution is -0.380. The molecule has 2 aromatic rings. The monoisotopic (exact) mass is 505 g/mol. The molecule has 2 fully saturated rings. The number of likely N-dealkylation sites (tertiary alicyclic amines) is 2. The number of pyridine rings is 2. The molecule has 1 amide bonds. The smallest absolute Gasteiger partial charge is 0.386 e. The third-order valence-corrected chi connectivity index (χ3v) is 6.76. The molecule has 3 N–H and O–H groups in total. The van der Waals surface area contributed by atoms with Gasteiger partial charge in [0.2, 0.25) is 18.2 Å². The summed E-state index contributed by atoms with van der Waals surface area (Å²) in [7, 11) is 0. The Morgan fingerprint density at radius 3 is 2.47 bits per heavy atom. The molecule has 194 valence electrons. The Balaban J connectivity index is 1.29. The van der Waals surface area contributed by atoms with Gasteiger partial charge in [-0.15, -0.1) is 0 Å². The Morgan fingerprint density at radius 2 is 1.83 bits per heavy atom. The van der Waals surface area contributed by atoms with E-state index in [9.17, 15) is 18.0 Å². The molecule has 2 aliphatic rings. The summed E-state index contributed by atoms with van der Waals surface area (Å²) in [6, 6.07) is 9.18. The quantitative estimate of drug-likeness (QED) is 0.461. The van der Waals surface area contributed by atoms with Gasteiger partial charge >= 0.3 is 6.18 Å². The number of halogens is 3. The molecule has 0 atom stereocenters. The number of amides is 1. The van der Waals surface area contributed by atoms with Crippen LogP contribution in [0.15, 0.2) is 47.9 Å². The highest BCUT2D eigenvalue weighted by atomic mass is 19.4. The summed E-state index contributed by atoms with van der Waals surface area (Å²) < 4.78 is 37.7. The van der Waals surface area contributed by atoms with Crippen LogP contribution in [0.5, 0.6) is 0 Å². The highest BCUT2D eigenvalue weighted by Crippen LogP contribution is 2.27. The van der Waals surface area contributed by atoms with Crippen LogP contribution in [-0.4, -0.2) is 65.4 Å². The van der Waals surface area contributed by atoms with Crippen LogP contribution in [0.3, 0.4) is 0 Å². The van der Waals surface area contributed by atoms with Gasteiger partial charge in [-0.25, -0.2) is 9.97 Å². The SMILES string of the molecule is Nc1cc(CN2CCC(C(=O)N3CCC(/C(=N/OCC(F)(F)F)c4cccc[nH+]4)CC3)CC2)ccn1. The summed E-state index contributed by atoms with van der Waals surface area (Å²) in [5.41, 5.74) is 7.96. The van der Waals surface area contributed by atoms with E-state index in [1.807, 2.05) is 17.0 Å². The molecule has 11 heteroatoms. The van der Waals surface area contributed by atoms with Crippen molar-refractivity contribution in [2.24, 2.45) is 17.0 Å². The van der Waals surface area contributed by atoms with E-state index in [-0.39, 0.29) is 17.7 Å². The highest BCUT2D eigenvalue weighted by Gasteiger charge is 2.34. The number of nitrogens with one attached hydrogen (secondary N) is 1. The Labute approximate surface area is 208 Å². The summed E-state index contributed by atoms with van der Waals surface area (Å²) in [6.07, 6.45) is 1.79. The van der Waals surface area contributed by atoms with Crippen molar-refractivity contribution in [2.75, 3.05) is 38.5 Å². The Kier molecular flexibility index (Phi) is 8.40. The first kappa shape index (κ1) is 25.9. The van der Waals surface area contributed by atoms with Crippen molar-refractivity contribution >= 4 is 17.4 Å².